The van der Waals surface area contributed by atoms with Crippen molar-refractivity contribution in [1.29, 1.82) is 0 Å². The summed E-state index contributed by atoms with van der Waals surface area (Å²) in [5.41, 5.74) is 4.37. The van der Waals surface area contributed by atoms with Gasteiger partial charge >= 0.3 is 0 Å². The van der Waals surface area contributed by atoms with Crippen LogP contribution in [0.5, 0.6) is 5.75 Å². The SMILES string of the molecule is COc1ccccc1CNc1cnnc(Nc2ccc(C)cc2C)n1. The van der Waals surface area contributed by atoms with E-state index in [0.29, 0.717) is 18.3 Å². The molecule has 0 aliphatic carbocycles. The monoisotopic (exact) mass is 335 g/mol. The average molecular weight is 335 g/mol. The van der Waals surface area contributed by atoms with E-state index in [9.17, 15) is 0 Å². The molecule has 2 N–H and O–H groups in total. The summed E-state index contributed by atoms with van der Waals surface area (Å²) in [7, 11) is 1.66. The number of aromatic nitrogens is 3. The molecule has 0 aliphatic heterocycles. The maximum absolute atomic E-state index is 5.36. The van der Waals surface area contributed by atoms with E-state index in [2.05, 4.69) is 38.8 Å². The fourth-order valence-electron chi connectivity index (χ4n) is 2.55. The number of nitrogens with zero attached hydrogens (tertiary/aromatic N) is 3. The maximum Gasteiger partial charge on any atom is 0.249 e. The minimum absolute atomic E-state index is 0.456. The van der Waals surface area contributed by atoms with Gasteiger partial charge in [0, 0.05) is 17.8 Å². The van der Waals surface area contributed by atoms with E-state index in [1.807, 2.05) is 43.3 Å². The Hall–Kier alpha value is -3.15. The van der Waals surface area contributed by atoms with Gasteiger partial charge in [0.05, 0.1) is 13.3 Å². The molecule has 0 spiro atoms. The molecule has 0 aliphatic rings. The summed E-state index contributed by atoms with van der Waals surface area (Å²) in [6.07, 6.45) is 1.60. The Morgan fingerprint density at radius 1 is 1.08 bits per heavy atom. The second kappa shape index (κ2) is 7.61. The predicted molar refractivity (Wildman–Crippen MR) is 99.3 cm³/mol. The van der Waals surface area contributed by atoms with Gasteiger partial charge in [0.2, 0.25) is 5.95 Å². The highest BCUT2D eigenvalue weighted by atomic mass is 16.5. The lowest BCUT2D eigenvalue weighted by Crippen LogP contribution is -2.07. The van der Waals surface area contributed by atoms with Gasteiger partial charge in [-0.2, -0.15) is 10.1 Å². The highest BCUT2D eigenvalue weighted by Crippen LogP contribution is 2.21. The first-order chi connectivity index (χ1) is 12.2. The zero-order valence-corrected chi connectivity index (χ0v) is 14.6. The van der Waals surface area contributed by atoms with Crippen molar-refractivity contribution in [2.24, 2.45) is 0 Å². The zero-order chi connectivity index (χ0) is 17.6. The van der Waals surface area contributed by atoms with E-state index in [0.717, 1.165) is 22.6 Å². The largest absolute Gasteiger partial charge is 0.496 e. The molecule has 0 atom stereocenters. The average Bonchev–Trinajstić information content (AvgIpc) is 2.63. The van der Waals surface area contributed by atoms with E-state index >= 15 is 0 Å². The molecule has 0 unspecified atom stereocenters. The standard InChI is InChI=1S/C19H21N5O/c1-13-8-9-16(14(2)10-13)22-19-23-18(12-21-24-19)20-11-15-6-4-5-7-17(15)25-3/h4-10,12H,11H2,1-3H3,(H2,20,22,23,24). The van der Waals surface area contributed by atoms with Crippen molar-refractivity contribution in [2.75, 3.05) is 17.7 Å². The van der Waals surface area contributed by atoms with Crippen LogP contribution in [-0.4, -0.2) is 22.3 Å². The summed E-state index contributed by atoms with van der Waals surface area (Å²) < 4.78 is 5.36. The number of methoxy groups -OCH3 is 1. The van der Waals surface area contributed by atoms with Gasteiger partial charge in [-0.15, -0.1) is 5.10 Å². The predicted octanol–water partition coefficient (Wildman–Crippen LogP) is 3.85. The molecule has 128 valence electrons. The lowest BCUT2D eigenvalue weighted by Gasteiger charge is -2.11. The summed E-state index contributed by atoms with van der Waals surface area (Å²) in [4.78, 5) is 4.47. The second-order valence-electron chi connectivity index (χ2n) is 5.77. The first-order valence-electron chi connectivity index (χ1n) is 8.05. The van der Waals surface area contributed by atoms with Crippen LogP contribution in [-0.2, 0) is 6.54 Å². The van der Waals surface area contributed by atoms with Crippen LogP contribution in [0, 0.1) is 13.8 Å². The molecule has 0 radical (unpaired) electrons. The number of hydrogen-bond donors (Lipinski definition) is 2. The molecule has 0 fully saturated rings. The molecular formula is C19H21N5O. The minimum Gasteiger partial charge on any atom is -0.496 e. The number of para-hydroxylation sites is 1. The maximum atomic E-state index is 5.36. The van der Waals surface area contributed by atoms with Crippen molar-refractivity contribution < 1.29 is 4.74 Å². The molecule has 0 saturated carbocycles. The summed E-state index contributed by atoms with van der Waals surface area (Å²) in [6.45, 7) is 4.70. The number of rotatable bonds is 6. The van der Waals surface area contributed by atoms with Gasteiger partial charge in [0.1, 0.15) is 5.75 Å². The number of anilines is 3. The summed E-state index contributed by atoms with van der Waals surface area (Å²) in [5, 5.41) is 14.5. The molecule has 3 aromatic rings. The fraction of sp³-hybridized carbons (Fsp3) is 0.211. The first-order valence-corrected chi connectivity index (χ1v) is 8.05. The molecule has 6 nitrogen and oxygen atoms in total. The van der Waals surface area contributed by atoms with Crippen LogP contribution in [0.15, 0.2) is 48.7 Å². The van der Waals surface area contributed by atoms with Crippen molar-refractivity contribution in [1.82, 2.24) is 15.2 Å². The molecule has 1 heterocycles. The van der Waals surface area contributed by atoms with Crippen molar-refractivity contribution in [3.8, 4) is 5.75 Å². The topological polar surface area (TPSA) is 72.0 Å². The van der Waals surface area contributed by atoms with Crippen LogP contribution in [0.4, 0.5) is 17.5 Å². The van der Waals surface area contributed by atoms with Gasteiger partial charge in [-0.05, 0) is 31.5 Å². The zero-order valence-electron chi connectivity index (χ0n) is 14.6. The normalized spacial score (nSPS) is 10.4. The number of aryl methyl sites for hydroxylation is 2. The molecule has 25 heavy (non-hydrogen) atoms. The minimum atomic E-state index is 0.456. The highest BCUT2D eigenvalue weighted by Gasteiger charge is 2.05. The van der Waals surface area contributed by atoms with Crippen LogP contribution in [0.2, 0.25) is 0 Å². The van der Waals surface area contributed by atoms with Crippen LogP contribution in [0.1, 0.15) is 16.7 Å². The lowest BCUT2D eigenvalue weighted by molar-refractivity contribution is 0.410. The fourth-order valence-corrected chi connectivity index (χ4v) is 2.55. The molecule has 0 saturated heterocycles. The lowest BCUT2D eigenvalue weighted by atomic mass is 10.1. The Labute approximate surface area is 147 Å². The van der Waals surface area contributed by atoms with Gasteiger partial charge < -0.3 is 15.4 Å². The van der Waals surface area contributed by atoms with Crippen LogP contribution in [0.3, 0.4) is 0 Å². The molecule has 6 heteroatoms. The van der Waals surface area contributed by atoms with Crippen LogP contribution < -0.4 is 15.4 Å². The van der Waals surface area contributed by atoms with E-state index in [1.54, 1.807) is 13.3 Å². The van der Waals surface area contributed by atoms with E-state index < -0.39 is 0 Å². The smallest absolute Gasteiger partial charge is 0.249 e. The summed E-state index contributed by atoms with van der Waals surface area (Å²) in [6, 6.07) is 14.0. The quantitative estimate of drug-likeness (QED) is 0.713. The van der Waals surface area contributed by atoms with Crippen LogP contribution >= 0.6 is 0 Å². The number of nitrogens with one attached hydrogen (secondary N) is 2. The molecular weight excluding hydrogens is 314 g/mol. The summed E-state index contributed by atoms with van der Waals surface area (Å²) >= 11 is 0. The third kappa shape index (κ3) is 4.23. The highest BCUT2D eigenvalue weighted by molar-refractivity contribution is 5.59. The third-order valence-electron chi connectivity index (χ3n) is 3.84. The van der Waals surface area contributed by atoms with E-state index in [1.165, 1.54) is 5.56 Å². The van der Waals surface area contributed by atoms with Gasteiger partial charge in [-0.3, -0.25) is 0 Å². The number of benzene rings is 2. The molecule has 3 rings (SSSR count). The van der Waals surface area contributed by atoms with Crippen molar-refractivity contribution >= 4 is 17.5 Å². The molecule has 1 aromatic heterocycles. The Bertz CT molecular complexity index is 866. The van der Waals surface area contributed by atoms with Crippen molar-refractivity contribution in [3.63, 3.8) is 0 Å². The second-order valence-corrected chi connectivity index (χ2v) is 5.77. The van der Waals surface area contributed by atoms with Crippen molar-refractivity contribution in [2.45, 2.75) is 20.4 Å². The Balaban J connectivity index is 1.71. The van der Waals surface area contributed by atoms with Crippen molar-refractivity contribution in [3.05, 3.63) is 65.4 Å². The van der Waals surface area contributed by atoms with Crippen LogP contribution in [0.25, 0.3) is 0 Å². The number of ether oxygens (including phenoxy) is 1. The third-order valence-corrected chi connectivity index (χ3v) is 3.84. The first kappa shape index (κ1) is 16.7. The Morgan fingerprint density at radius 3 is 2.72 bits per heavy atom. The van der Waals surface area contributed by atoms with E-state index in [4.69, 9.17) is 4.74 Å². The Kier molecular flexibility index (Phi) is 5.09. The van der Waals surface area contributed by atoms with E-state index in [-0.39, 0.29) is 0 Å². The molecule has 0 bridgehead atoms. The van der Waals surface area contributed by atoms with Gasteiger partial charge in [-0.25, -0.2) is 0 Å². The van der Waals surface area contributed by atoms with Gasteiger partial charge in [-0.1, -0.05) is 35.9 Å². The Morgan fingerprint density at radius 2 is 1.92 bits per heavy atom. The summed E-state index contributed by atoms with van der Waals surface area (Å²) in [5.74, 6) is 1.94. The van der Waals surface area contributed by atoms with Gasteiger partial charge in [0.25, 0.3) is 0 Å². The molecule has 2 aromatic carbocycles. The number of hydrogen-bond acceptors (Lipinski definition) is 6. The van der Waals surface area contributed by atoms with Gasteiger partial charge in [0.15, 0.2) is 5.82 Å². The molecule has 0 amide bonds.